The molecule has 1 amide bonds. The number of amides is 1. The molecular weight excluding hydrogens is 334 g/mol. The number of hydrogen-bond acceptors (Lipinski definition) is 5. The zero-order valence-electron chi connectivity index (χ0n) is 13.8. The molecule has 2 aromatic heterocycles. The highest BCUT2D eigenvalue weighted by Crippen LogP contribution is 2.23. The minimum absolute atomic E-state index is 0.0609. The second kappa shape index (κ2) is 6.40. The first-order chi connectivity index (χ1) is 12.6. The molecule has 1 N–H and O–H groups in total. The van der Waals surface area contributed by atoms with Gasteiger partial charge in [-0.2, -0.15) is 0 Å². The summed E-state index contributed by atoms with van der Waals surface area (Å²) in [7, 11) is 0. The van der Waals surface area contributed by atoms with Crippen molar-refractivity contribution in [2.45, 2.75) is 19.3 Å². The highest BCUT2D eigenvalue weighted by molar-refractivity contribution is 6.04. The number of carbonyl (C=O) groups is 2. The van der Waals surface area contributed by atoms with E-state index in [4.69, 9.17) is 0 Å². The third-order valence-electron chi connectivity index (χ3n) is 4.33. The van der Waals surface area contributed by atoms with Gasteiger partial charge in [0, 0.05) is 23.4 Å². The Labute approximate surface area is 148 Å². The summed E-state index contributed by atoms with van der Waals surface area (Å²) in [6.45, 7) is 0. The van der Waals surface area contributed by atoms with Gasteiger partial charge in [0.15, 0.2) is 5.78 Å². The average molecular weight is 349 g/mol. The molecule has 2 heterocycles. The van der Waals surface area contributed by atoms with E-state index >= 15 is 0 Å². The highest BCUT2D eigenvalue weighted by Gasteiger charge is 2.26. The first-order valence-corrected chi connectivity index (χ1v) is 8.18. The zero-order valence-corrected chi connectivity index (χ0v) is 13.8. The maximum atomic E-state index is 13.1. The molecule has 0 saturated heterocycles. The van der Waals surface area contributed by atoms with Gasteiger partial charge in [-0.1, -0.05) is 18.2 Å². The highest BCUT2D eigenvalue weighted by atomic mass is 16.2. The van der Waals surface area contributed by atoms with Crippen LogP contribution >= 0.6 is 0 Å². The molecule has 1 aromatic carbocycles. The van der Waals surface area contributed by atoms with Gasteiger partial charge in [0.25, 0.3) is 11.5 Å². The van der Waals surface area contributed by atoms with Crippen molar-refractivity contribution in [2.75, 3.05) is 5.43 Å². The van der Waals surface area contributed by atoms with Crippen LogP contribution < -0.4 is 11.0 Å². The fourth-order valence-electron chi connectivity index (χ4n) is 3.14. The predicted molar refractivity (Wildman–Crippen MR) is 93.0 cm³/mol. The van der Waals surface area contributed by atoms with Crippen LogP contribution in [0.4, 0.5) is 0 Å². The van der Waals surface area contributed by atoms with Gasteiger partial charge in [0.05, 0.1) is 0 Å². The van der Waals surface area contributed by atoms with Crippen molar-refractivity contribution >= 4 is 11.7 Å². The van der Waals surface area contributed by atoms with E-state index < -0.39 is 11.5 Å². The van der Waals surface area contributed by atoms with Crippen LogP contribution in [0, 0.1) is 0 Å². The minimum atomic E-state index is -0.624. The lowest BCUT2D eigenvalue weighted by atomic mass is 9.92. The lowest BCUT2D eigenvalue weighted by Crippen LogP contribution is -2.35. The quantitative estimate of drug-likeness (QED) is 0.769. The molecular formula is C18H15N5O3. The summed E-state index contributed by atoms with van der Waals surface area (Å²) in [5.41, 5.74) is 3.65. The normalized spacial score (nSPS) is 13.3. The van der Waals surface area contributed by atoms with Crippen LogP contribution in [0.25, 0.3) is 5.69 Å². The van der Waals surface area contributed by atoms with Gasteiger partial charge in [0.1, 0.15) is 18.2 Å². The zero-order chi connectivity index (χ0) is 18.1. The van der Waals surface area contributed by atoms with Crippen LogP contribution in [-0.2, 0) is 6.42 Å². The van der Waals surface area contributed by atoms with Crippen molar-refractivity contribution in [3.05, 3.63) is 76.2 Å². The average Bonchev–Trinajstić information content (AvgIpc) is 3.15. The van der Waals surface area contributed by atoms with E-state index in [1.807, 2.05) is 18.2 Å². The fraction of sp³-hybridized carbons (Fsp3) is 0.167. The molecule has 4 rings (SSSR count). The molecule has 8 nitrogen and oxygen atoms in total. The molecule has 1 aliphatic rings. The summed E-state index contributed by atoms with van der Waals surface area (Å²) in [6, 6.07) is 10.4. The Morgan fingerprint density at radius 2 is 1.77 bits per heavy atom. The molecule has 0 saturated carbocycles. The number of nitrogens with zero attached hydrogens (tertiary/aromatic N) is 4. The number of nitrogens with one attached hydrogen (secondary N) is 1. The summed E-state index contributed by atoms with van der Waals surface area (Å²) < 4.78 is 2.71. The number of rotatable bonds is 3. The van der Waals surface area contributed by atoms with Crippen molar-refractivity contribution < 1.29 is 9.59 Å². The molecule has 0 bridgehead atoms. The summed E-state index contributed by atoms with van der Waals surface area (Å²) in [5.74, 6) is -0.685. The molecule has 130 valence electrons. The molecule has 0 spiro atoms. The first kappa shape index (κ1) is 15.9. The Hall–Kier alpha value is -3.55. The van der Waals surface area contributed by atoms with Gasteiger partial charge in [-0.05, 0) is 31.0 Å². The molecule has 0 radical (unpaired) electrons. The van der Waals surface area contributed by atoms with Gasteiger partial charge < -0.3 is 0 Å². The van der Waals surface area contributed by atoms with E-state index in [0.29, 0.717) is 36.2 Å². The molecule has 8 heteroatoms. The molecule has 26 heavy (non-hydrogen) atoms. The Bertz CT molecular complexity index is 1040. The number of para-hydroxylation sites is 1. The lowest BCUT2D eigenvalue weighted by molar-refractivity contribution is 0.0971. The van der Waals surface area contributed by atoms with Gasteiger partial charge in [0.2, 0.25) is 0 Å². The van der Waals surface area contributed by atoms with Crippen molar-refractivity contribution in [3.8, 4) is 5.69 Å². The van der Waals surface area contributed by atoms with Gasteiger partial charge in [-0.25, -0.2) is 4.68 Å². The van der Waals surface area contributed by atoms with Gasteiger partial charge in [-0.15, -0.1) is 10.2 Å². The Balaban J connectivity index is 1.90. The molecule has 1 aliphatic carbocycles. The summed E-state index contributed by atoms with van der Waals surface area (Å²) in [4.78, 5) is 38.1. The van der Waals surface area contributed by atoms with Crippen molar-refractivity contribution in [2.24, 2.45) is 0 Å². The van der Waals surface area contributed by atoms with Crippen molar-refractivity contribution in [3.63, 3.8) is 0 Å². The van der Waals surface area contributed by atoms with Gasteiger partial charge in [-0.3, -0.25) is 24.4 Å². The number of benzene rings is 1. The summed E-state index contributed by atoms with van der Waals surface area (Å²) >= 11 is 0. The number of ketones is 1. The summed E-state index contributed by atoms with van der Waals surface area (Å²) in [6.07, 6.45) is 4.31. The number of hydrogen-bond donors (Lipinski definition) is 1. The van der Waals surface area contributed by atoms with E-state index in [9.17, 15) is 14.4 Å². The van der Waals surface area contributed by atoms with Crippen LogP contribution in [0.1, 0.15) is 39.3 Å². The van der Waals surface area contributed by atoms with Crippen molar-refractivity contribution in [1.82, 2.24) is 19.4 Å². The largest absolute Gasteiger partial charge is 0.294 e. The fourth-order valence-corrected chi connectivity index (χ4v) is 3.14. The van der Waals surface area contributed by atoms with E-state index in [-0.39, 0.29) is 11.3 Å². The standard InChI is InChI=1S/C18H15N5O3/c24-16-8-4-7-15-13(16)9-14(17(25)21-22-10-19-20-11-22)18(26)23(15)12-5-2-1-3-6-12/h1-3,5-6,9-11H,4,7-8H2,(H,21,25). The van der Waals surface area contributed by atoms with Crippen LogP contribution in [0.5, 0.6) is 0 Å². The van der Waals surface area contributed by atoms with Crippen molar-refractivity contribution in [1.29, 1.82) is 0 Å². The first-order valence-electron chi connectivity index (χ1n) is 8.18. The number of carbonyl (C=O) groups excluding carboxylic acids is 2. The second-order valence-corrected chi connectivity index (χ2v) is 5.98. The summed E-state index contributed by atoms with van der Waals surface area (Å²) in [5, 5.41) is 7.20. The Kier molecular flexibility index (Phi) is 3.92. The van der Waals surface area contributed by atoms with Crippen LogP contribution in [0.2, 0.25) is 0 Å². The van der Waals surface area contributed by atoms with Crippen LogP contribution in [0.15, 0.2) is 53.8 Å². The number of pyridine rings is 1. The molecule has 0 aliphatic heterocycles. The molecule has 0 atom stereocenters. The van der Waals surface area contributed by atoms with E-state index in [2.05, 4.69) is 15.6 Å². The van der Waals surface area contributed by atoms with Crippen LogP contribution in [-0.4, -0.2) is 31.1 Å². The SMILES string of the molecule is O=C1CCCc2c1cc(C(=O)Nn1cnnc1)c(=O)n2-c1ccccc1. The van der Waals surface area contributed by atoms with E-state index in [1.54, 1.807) is 12.1 Å². The third kappa shape index (κ3) is 2.71. The maximum Gasteiger partial charge on any atom is 0.275 e. The number of aromatic nitrogens is 4. The maximum absolute atomic E-state index is 13.1. The Morgan fingerprint density at radius 1 is 1.04 bits per heavy atom. The van der Waals surface area contributed by atoms with Crippen LogP contribution in [0.3, 0.4) is 0 Å². The smallest absolute Gasteiger partial charge is 0.275 e. The monoisotopic (exact) mass is 349 g/mol. The van der Waals surface area contributed by atoms with E-state index in [0.717, 1.165) is 0 Å². The minimum Gasteiger partial charge on any atom is -0.294 e. The second-order valence-electron chi connectivity index (χ2n) is 5.98. The third-order valence-corrected chi connectivity index (χ3v) is 4.33. The van der Waals surface area contributed by atoms with Gasteiger partial charge >= 0.3 is 0 Å². The Morgan fingerprint density at radius 3 is 2.50 bits per heavy atom. The topological polar surface area (TPSA) is 98.9 Å². The number of fused-ring (bicyclic) bond motifs is 1. The molecule has 0 fully saturated rings. The predicted octanol–water partition coefficient (Wildman–Crippen LogP) is 1.33. The molecule has 3 aromatic rings. The lowest BCUT2D eigenvalue weighted by Gasteiger charge is -2.21. The van der Waals surface area contributed by atoms with E-state index in [1.165, 1.54) is 28.0 Å². The molecule has 0 unspecified atom stereocenters. The number of Topliss-reactive ketones (excluding diaryl/α,β-unsaturated/α-hetero) is 1.